The first-order valence-electron chi connectivity index (χ1n) is 8.63. The van der Waals surface area contributed by atoms with Crippen molar-refractivity contribution in [3.8, 4) is 0 Å². The lowest BCUT2D eigenvalue weighted by molar-refractivity contribution is 0.0310. The minimum Gasteiger partial charge on any atom is -0.442 e. The Morgan fingerprint density at radius 1 is 1.04 bits per heavy atom. The van der Waals surface area contributed by atoms with Crippen LogP contribution in [0.4, 0.5) is 4.79 Å². The molecule has 26 heavy (non-hydrogen) atoms. The quantitative estimate of drug-likeness (QED) is 0.728. The maximum atomic E-state index is 11.1. The van der Waals surface area contributed by atoms with Crippen LogP contribution in [0, 0.1) is 0 Å². The van der Waals surface area contributed by atoms with Gasteiger partial charge in [0, 0.05) is 0 Å². The molecule has 0 unspecified atom stereocenters. The van der Waals surface area contributed by atoms with E-state index >= 15 is 0 Å². The van der Waals surface area contributed by atoms with Crippen LogP contribution in [0.1, 0.15) is 20.8 Å². The molecule has 5 nitrogen and oxygen atoms in total. The zero-order chi connectivity index (χ0) is 19.2. The molecule has 0 saturated carbocycles. The number of carbonyl (C=O) groups excluding carboxylic acids is 1. The number of ether oxygens (including phenoxy) is 1. The summed E-state index contributed by atoms with van der Waals surface area (Å²) < 4.78 is 11.5. The van der Waals surface area contributed by atoms with Gasteiger partial charge < -0.3 is 20.0 Å². The number of primary amides is 1. The first-order chi connectivity index (χ1) is 12.3. The highest BCUT2D eigenvalue weighted by molar-refractivity contribution is 6.99. The molecular formula is C20H27NO4Si. The third-order valence-corrected chi connectivity index (χ3v) is 9.39. The topological polar surface area (TPSA) is 81.8 Å². The fourth-order valence-corrected chi connectivity index (χ4v) is 7.86. The van der Waals surface area contributed by atoms with Gasteiger partial charge in [0.25, 0.3) is 8.32 Å². The van der Waals surface area contributed by atoms with Gasteiger partial charge in [0.15, 0.2) is 0 Å². The molecule has 0 saturated heterocycles. The van der Waals surface area contributed by atoms with Gasteiger partial charge >= 0.3 is 6.09 Å². The van der Waals surface area contributed by atoms with Gasteiger partial charge in [0.2, 0.25) is 0 Å². The molecule has 1 atom stereocenters. The molecule has 0 fully saturated rings. The van der Waals surface area contributed by atoms with Crippen molar-refractivity contribution >= 4 is 24.8 Å². The molecule has 1 amide bonds. The summed E-state index contributed by atoms with van der Waals surface area (Å²) in [5, 5.41) is 11.6. The first-order valence-corrected chi connectivity index (χ1v) is 10.5. The van der Waals surface area contributed by atoms with Crippen molar-refractivity contribution in [2.24, 2.45) is 5.73 Å². The third-order valence-electron chi connectivity index (χ3n) is 4.39. The number of aliphatic hydroxyl groups excluding tert-OH is 1. The largest absolute Gasteiger partial charge is 0.442 e. The molecule has 0 aliphatic rings. The standard InChI is InChI=1S/C20H27NO4Si/c1-20(2,3)26(17-10-6-4-7-11-17,18-12-8-5-9-13-18)24-15-16(14-22)25-19(21)23/h4-13,16,22H,14-15H2,1-3H3,(H2,21,23)/t16-/m0/s1. The van der Waals surface area contributed by atoms with Crippen LogP contribution >= 0.6 is 0 Å². The summed E-state index contributed by atoms with van der Waals surface area (Å²) in [7, 11) is -2.72. The average Bonchev–Trinajstić information content (AvgIpc) is 2.61. The Hall–Kier alpha value is -2.15. The van der Waals surface area contributed by atoms with Crippen LogP contribution in [0.3, 0.4) is 0 Å². The second kappa shape index (κ2) is 8.49. The SMILES string of the molecule is CC(C)(C)[Si](OC[C@H](CO)OC(N)=O)(c1ccccc1)c1ccccc1. The molecule has 0 bridgehead atoms. The highest BCUT2D eigenvalue weighted by Crippen LogP contribution is 2.36. The summed E-state index contributed by atoms with van der Waals surface area (Å²) >= 11 is 0. The van der Waals surface area contributed by atoms with Gasteiger partial charge in [-0.25, -0.2) is 4.79 Å². The van der Waals surface area contributed by atoms with Gasteiger partial charge in [-0.15, -0.1) is 0 Å². The first kappa shape index (κ1) is 20.2. The Kier molecular flexibility index (Phi) is 6.58. The van der Waals surface area contributed by atoms with Gasteiger partial charge in [-0.3, -0.25) is 0 Å². The third kappa shape index (κ3) is 4.33. The Labute approximate surface area is 155 Å². The minimum absolute atomic E-state index is 0.0761. The highest BCUT2D eigenvalue weighted by atomic mass is 28.4. The molecule has 3 N–H and O–H groups in total. The number of hydrogen-bond acceptors (Lipinski definition) is 4. The molecule has 0 heterocycles. The Bertz CT molecular complexity index is 661. The number of amides is 1. The van der Waals surface area contributed by atoms with E-state index in [1.54, 1.807) is 0 Å². The van der Waals surface area contributed by atoms with E-state index in [2.05, 4.69) is 45.0 Å². The summed E-state index contributed by atoms with van der Waals surface area (Å²) in [6.45, 7) is 6.19. The summed E-state index contributed by atoms with van der Waals surface area (Å²) in [5.74, 6) is 0. The van der Waals surface area contributed by atoms with Crippen LogP contribution in [-0.4, -0.2) is 38.8 Å². The van der Waals surface area contributed by atoms with Crippen LogP contribution in [-0.2, 0) is 9.16 Å². The molecule has 6 heteroatoms. The molecule has 0 aromatic heterocycles. The Morgan fingerprint density at radius 2 is 1.50 bits per heavy atom. The van der Waals surface area contributed by atoms with Gasteiger partial charge in [0.1, 0.15) is 6.10 Å². The van der Waals surface area contributed by atoms with Crippen molar-refractivity contribution in [2.75, 3.05) is 13.2 Å². The van der Waals surface area contributed by atoms with Gasteiger partial charge in [0.05, 0.1) is 13.2 Å². The molecule has 2 aromatic carbocycles. The van der Waals surface area contributed by atoms with Crippen LogP contribution in [0.15, 0.2) is 60.7 Å². The summed E-state index contributed by atoms with van der Waals surface area (Å²) in [5.41, 5.74) is 5.10. The van der Waals surface area contributed by atoms with Gasteiger partial charge in [-0.05, 0) is 15.4 Å². The Balaban J connectivity index is 2.52. The van der Waals surface area contributed by atoms with E-state index in [1.165, 1.54) is 0 Å². The van der Waals surface area contributed by atoms with E-state index in [0.717, 1.165) is 10.4 Å². The van der Waals surface area contributed by atoms with Crippen molar-refractivity contribution < 1.29 is 19.1 Å². The van der Waals surface area contributed by atoms with Crippen LogP contribution in [0.2, 0.25) is 5.04 Å². The van der Waals surface area contributed by atoms with Crippen LogP contribution < -0.4 is 16.1 Å². The van der Waals surface area contributed by atoms with Crippen molar-refractivity contribution in [3.05, 3.63) is 60.7 Å². The van der Waals surface area contributed by atoms with Crippen molar-refractivity contribution in [3.63, 3.8) is 0 Å². The number of hydrogen-bond donors (Lipinski definition) is 2. The van der Waals surface area contributed by atoms with Crippen LogP contribution in [0.5, 0.6) is 0 Å². The molecular weight excluding hydrogens is 346 g/mol. The number of carbonyl (C=O) groups is 1. The molecule has 0 spiro atoms. The maximum Gasteiger partial charge on any atom is 0.404 e. The smallest absolute Gasteiger partial charge is 0.404 e. The lowest BCUT2D eigenvalue weighted by Gasteiger charge is -2.43. The van der Waals surface area contributed by atoms with E-state index < -0.39 is 20.5 Å². The number of rotatable bonds is 7. The number of benzene rings is 2. The maximum absolute atomic E-state index is 11.1. The molecule has 0 aliphatic heterocycles. The van der Waals surface area contributed by atoms with Crippen LogP contribution in [0.25, 0.3) is 0 Å². The van der Waals surface area contributed by atoms with E-state index in [-0.39, 0.29) is 18.3 Å². The fourth-order valence-electron chi connectivity index (χ4n) is 3.27. The van der Waals surface area contributed by atoms with Crippen molar-refractivity contribution in [1.82, 2.24) is 0 Å². The Morgan fingerprint density at radius 3 is 1.85 bits per heavy atom. The predicted octanol–water partition coefficient (Wildman–Crippen LogP) is 2.02. The molecule has 0 aliphatic carbocycles. The second-order valence-electron chi connectivity index (χ2n) is 7.22. The van der Waals surface area contributed by atoms with Gasteiger partial charge in [-0.2, -0.15) is 0 Å². The van der Waals surface area contributed by atoms with E-state index in [4.69, 9.17) is 14.9 Å². The fraction of sp³-hybridized carbons (Fsp3) is 0.350. The van der Waals surface area contributed by atoms with E-state index in [1.807, 2.05) is 36.4 Å². The normalized spacial score (nSPS) is 13.2. The molecule has 140 valence electrons. The predicted molar refractivity (Wildman–Crippen MR) is 105 cm³/mol. The lowest BCUT2D eigenvalue weighted by atomic mass is 10.2. The zero-order valence-electron chi connectivity index (χ0n) is 15.5. The second-order valence-corrected chi connectivity index (χ2v) is 11.5. The lowest BCUT2D eigenvalue weighted by Crippen LogP contribution is -2.67. The monoisotopic (exact) mass is 373 g/mol. The zero-order valence-corrected chi connectivity index (χ0v) is 16.5. The molecule has 2 rings (SSSR count). The summed E-state index contributed by atoms with van der Waals surface area (Å²) in [6, 6.07) is 20.3. The summed E-state index contributed by atoms with van der Waals surface area (Å²) in [6.07, 6.45) is -1.72. The highest BCUT2D eigenvalue weighted by Gasteiger charge is 2.50. The summed E-state index contributed by atoms with van der Waals surface area (Å²) in [4.78, 5) is 11.1. The van der Waals surface area contributed by atoms with E-state index in [9.17, 15) is 9.90 Å². The van der Waals surface area contributed by atoms with Gasteiger partial charge in [-0.1, -0.05) is 81.4 Å². The average molecular weight is 374 g/mol. The van der Waals surface area contributed by atoms with E-state index in [0.29, 0.717) is 0 Å². The minimum atomic E-state index is -2.72. The number of aliphatic hydroxyl groups is 1. The molecule has 0 radical (unpaired) electrons. The van der Waals surface area contributed by atoms with Crippen molar-refractivity contribution in [2.45, 2.75) is 31.9 Å². The number of nitrogens with two attached hydrogens (primary N) is 1. The van der Waals surface area contributed by atoms with Crippen molar-refractivity contribution in [1.29, 1.82) is 0 Å². The molecule has 2 aromatic rings.